The first-order chi connectivity index (χ1) is 11.5. The maximum Gasteiger partial charge on any atom is 0.249 e. The van der Waals surface area contributed by atoms with Gasteiger partial charge in [0.25, 0.3) is 0 Å². The Bertz CT molecular complexity index is 853. The molecule has 24 heavy (non-hydrogen) atoms. The van der Waals surface area contributed by atoms with Crippen molar-refractivity contribution in [1.82, 2.24) is 15.1 Å². The molecular weight excluding hydrogens is 336 g/mol. The third-order valence-electron chi connectivity index (χ3n) is 3.43. The molecule has 0 bridgehead atoms. The summed E-state index contributed by atoms with van der Waals surface area (Å²) in [4.78, 5) is 1.79. The van der Waals surface area contributed by atoms with E-state index >= 15 is 0 Å². The van der Waals surface area contributed by atoms with Crippen molar-refractivity contribution < 1.29 is 13.2 Å². The van der Waals surface area contributed by atoms with Crippen molar-refractivity contribution in [2.45, 2.75) is 13.1 Å². The van der Waals surface area contributed by atoms with Gasteiger partial charge in [-0.25, -0.2) is 8.78 Å². The summed E-state index contributed by atoms with van der Waals surface area (Å²) < 4.78 is 32.2. The molecule has 0 saturated heterocycles. The second-order valence-corrected chi connectivity index (χ2v) is 5.80. The van der Waals surface area contributed by atoms with Gasteiger partial charge in [-0.2, -0.15) is 0 Å². The normalized spacial score (nSPS) is 11.2. The monoisotopic (exact) mass is 349 g/mol. The number of nitrogens with zero attached hydrogens (tertiary/aromatic N) is 3. The Hall–Kier alpha value is -2.31. The van der Waals surface area contributed by atoms with E-state index in [-0.39, 0.29) is 6.54 Å². The first kappa shape index (κ1) is 16.5. The highest BCUT2D eigenvalue weighted by Gasteiger charge is 2.14. The average Bonchev–Trinajstić information content (AvgIpc) is 2.99. The molecule has 1 aromatic heterocycles. The quantitative estimate of drug-likeness (QED) is 0.688. The highest BCUT2D eigenvalue weighted by atomic mass is 35.5. The average molecular weight is 350 g/mol. The lowest BCUT2D eigenvalue weighted by molar-refractivity contribution is 0.279. The molecule has 0 spiro atoms. The van der Waals surface area contributed by atoms with E-state index in [1.54, 1.807) is 24.1 Å². The van der Waals surface area contributed by atoms with E-state index in [0.717, 1.165) is 6.07 Å². The molecule has 0 saturated carbocycles. The molecule has 0 aliphatic heterocycles. The van der Waals surface area contributed by atoms with Crippen LogP contribution in [0.4, 0.5) is 8.78 Å². The Morgan fingerprint density at radius 1 is 1.08 bits per heavy atom. The van der Waals surface area contributed by atoms with Crippen LogP contribution in [0.1, 0.15) is 11.5 Å². The van der Waals surface area contributed by atoms with Crippen molar-refractivity contribution in [3.63, 3.8) is 0 Å². The first-order valence-corrected chi connectivity index (χ1v) is 7.60. The minimum atomic E-state index is -0.597. The van der Waals surface area contributed by atoms with Gasteiger partial charge in [0.15, 0.2) is 0 Å². The summed E-state index contributed by atoms with van der Waals surface area (Å²) in [7, 11) is 1.78. The van der Waals surface area contributed by atoms with Gasteiger partial charge in [-0.1, -0.05) is 29.8 Å². The van der Waals surface area contributed by atoms with Crippen LogP contribution in [0.15, 0.2) is 46.9 Å². The molecule has 0 fully saturated rings. The third kappa shape index (κ3) is 3.77. The largest absolute Gasteiger partial charge is 0.419 e. The standard InChI is InChI=1S/C17H14ClF2N3O/c1-23(9-11-6-7-12(19)8-15(11)20)10-16-21-22-17(24-16)13-4-2-3-5-14(13)18/h2-8H,9-10H2,1H3. The first-order valence-electron chi connectivity index (χ1n) is 7.22. The second kappa shape index (κ2) is 7.07. The molecule has 0 atom stereocenters. The van der Waals surface area contributed by atoms with Crippen molar-refractivity contribution in [3.05, 3.63) is 70.6 Å². The van der Waals surface area contributed by atoms with E-state index < -0.39 is 11.6 Å². The number of hydrogen-bond donors (Lipinski definition) is 0. The van der Waals surface area contributed by atoms with Gasteiger partial charge in [0.1, 0.15) is 11.6 Å². The number of aromatic nitrogens is 2. The number of rotatable bonds is 5. The van der Waals surface area contributed by atoms with Crippen molar-refractivity contribution in [2.75, 3.05) is 7.05 Å². The Kier molecular flexibility index (Phi) is 4.87. The topological polar surface area (TPSA) is 42.2 Å². The molecule has 7 heteroatoms. The van der Waals surface area contributed by atoms with Crippen molar-refractivity contribution in [2.24, 2.45) is 0 Å². The lowest BCUT2D eigenvalue weighted by Crippen LogP contribution is -2.18. The highest BCUT2D eigenvalue weighted by Crippen LogP contribution is 2.26. The number of hydrogen-bond acceptors (Lipinski definition) is 4. The Balaban J connectivity index is 1.69. The maximum absolute atomic E-state index is 13.7. The zero-order valence-electron chi connectivity index (χ0n) is 12.8. The molecule has 3 rings (SSSR count). The van der Waals surface area contributed by atoms with Crippen LogP contribution in [-0.4, -0.2) is 22.1 Å². The van der Waals surface area contributed by atoms with E-state index in [4.69, 9.17) is 16.0 Å². The summed E-state index contributed by atoms with van der Waals surface area (Å²) >= 11 is 6.10. The van der Waals surface area contributed by atoms with Crippen LogP contribution in [0.5, 0.6) is 0 Å². The van der Waals surface area contributed by atoms with Gasteiger partial charge in [0.05, 0.1) is 17.1 Å². The fraction of sp³-hybridized carbons (Fsp3) is 0.176. The van der Waals surface area contributed by atoms with E-state index in [9.17, 15) is 8.78 Å². The zero-order valence-corrected chi connectivity index (χ0v) is 13.6. The molecule has 0 aliphatic rings. The number of benzene rings is 2. The zero-order chi connectivity index (χ0) is 17.1. The molecule has 0 unspecified atom stereocenters. The summed E-state index contributed by atoms with van der Waals surface area (Å²) in [5.41, 5.74) is 1.05. The van der Waals surface area contributed by atoms with Crippen LogP contribution in [0.2, 0.25) is 5.02 Å². The summed E-state index contributed by atoms with van der Waals surface area (Å²) in [6.07, 6.45) is 0. The molecule has 0 aliphatic carbocycles. The van der Waals surface area contributed by atoms with Gasteiger partial charge in [0.2, 0.25) is 11.8 Å². The van der Waals surface area contributed by atoms with Gasteiger partial charge in [-0.05, 0) is 25.2 Å². The summed E-state index contributed by atoms with van der Waals surface area (Å²) in [5, 5.41) is 8.49. The van der Waals surface area contributed by atoms with Crippen LogP contribution in [0.25, 0.3) is 11.5 Å². The Morgan fingerprint density at radius 3 is 2.62 bits per heavy atom. The third-order valence-corrected chi connectivity index (χ3v) is 3.76. The van der Waals surface area contributed by atoms with Crippen LogP contribution >= 0.6 is 11.6 Å². The Morgan fingerprint density at radius 2 is 1.88 bits per heavy atom. The van der Waals surface area contributed by atoms with Crippen LogP contribution in [0, 0.1) is 11.6 Å². The fourth-order valence-corrected chi connectivity index (χ4v) is 2.51. The van der Waals surface area contributed by atoms with Gasteiger partial charge in [-0.3, -0.25) is 4.90 Å². The molecule has 4 nitrogen and oxygen atoms in total. The second-order valence-electron chi connectivity index (χ2n) is 5.39. The van der Waals surface area contributed by atoms with E-state index in [2.05, 4.69) is 10.2 Å². The molecule has 0 N–H and O–H groups in total. The lowest BCUT2D eigenvalue weighted by atomic mass is 10.2. The minimum Gasteiger partial charge on any atom is -0.419 e. The smallest absolute Gasteiger partial charge is 0.249 e. The van der Waals surface area contributed by atoms with Crippen LogP contribution < -0.4 is 0 Å². The lowest BCUT2D eigenvalue weighted by Gasteiger charge is -2.14. The maximum atomic E-state index is 13.7. The molecule has 3 aromatic rings. The van der Waals surface area contributed by atoms with E-state index in [0.29, 0.717) is 34.5 Å². The van der Waals surface area contributed by atoms with Crippen LogP contribution in [0.3, 0.4) is 0 Å². The summed E-state index contributed by atoms with van der Waals surface area (Å²) in [6.45, 7) is 0.615. The van der Waals surface area contributed by atoms with E-state index in [1.807, 2.05) is 12.1 Å². The molecule has 0 radical (unpaired) electrons. The SMILES string of the molecule is CN(Cc1nnc(-c2ccccc2Cl)o1)Cc1ccc(F)cc1F. The van der Waals surface area contributed by atoms with Gasteiger partial charge in [-0.15, -0.1) is 10.2 Å². The van der Waals surface area contributed by atoms with Crippen molar-refractivity contribution in [1.29, 1.82) is 0 Å². The van der Waals surface area contributed by atoms with Crippen LogP contribution in [-0.2, 0) is 13.1 Å². The van der Waals surface area contributed by atoms with Gasteiger partial charge in [0, 0.05) is 18.2 Å². The predicted molar refractivity (Wildman–Crippen MR) is 86.3 cm³/mol. The Labute approximate surface area is 142 Å². The number of halogens is 3. The highest BCUT2D eigenvalue weighted by molar-refractivity contribution is 6.33. The molecule has 0 amide bonds. The van der Waals surface area contributed by atoms with Gasteiger partial charge < -0.3 is 4.42 Å². The van der Waals surface area contributed by atoms with Gasteiger partial charge >= 0.3 is 0 Å². The van der Waals surface area contributed by atoms with Crippen molar-refractivity contribution in [3.8, 4) is 11.5 Å². The van der Waals surface area contributed by atoms with Crippen molar-refractivity contribution >= 4 is 11.6 Å². The minimum absolute atomic E-state index is 0.288. The summed E-state index contributed by atoms with van der Waals surface area (Å²) in [6, 6.07) is 10.7. The summed E-state index contributed by atoms with van der Waals surface area (Å²) in [5.74, 6) is -0.462. The van der Waals surface area contributed by atoms with E-state index in [1.165, 1.54) is 12.1 Å². The predicted octanol–water partition coefficient (Wildman–Crippen LogP) is 4.30. The molecular formula is C17H14ClF2N3O. The molecule has 124 valence electrons. The molecule has 2 aromatic carbocycles. The molecule has 1 heterocycles. The fourth-order valence-electron chi connectivity index (χ4n) is 2.29.